The van der Waals surface area contributed by atoms with Gasteiger partial charge < -0.3 is 24.2 Å². The van der Waals surface area contributed by atoms with Gasteiger partial charge in [-0.25, -0.2) is 0 Å². The van der Waals surface area contributed by atoms with Gasteiger partial charge in [0.15, 0.2) is 11.5 Å². The SMILES string of the molecule is CCCCN(C(=O)CN1C[C@H](c2cc(OC)c3c(c2)OCO3)[C@@H](C(=O)O)[C@@H]1CC(C)(C)C=C(C)C)c1cccnc1. The minimum absolute atomic E-state index is 0.0653. The number of methoxy groups -OCH3 is 1. The number of nitrogens with zero attached hydrogens (tertiary/aromatic N) is 3. The van der Waals surface area contributed by atoms with E-state index in [1.54, 1.807) is 24.4 Å². The Kier molecular flexibility index (Phi) is 9.58. The molecule has 9 heteroatoms. The van der Waals surface area contributed by atoms with Crippen LogP contribution in [0.2, 0.25) is 0 Å². The first-order valence-corrected chi connectivity index (χ1v) is 14.4. The molecule has 2 aliphatic rings. The first-order valence-electron chi connectivity index (χ1n) is 14.4. The van der Waals surface area contributed by atoms with Gasteiger partial charge in [-0.2, -0.15) is 0 Å². The minimum Gasteiger partial charge on any atom is -0.493 e. The molecule has 2 aromatic rings. The zero-order valence-corrected chi connectivity index (χ0v) is 25.1. The number of aromatic nitrogens is 1. The van der Waals surface area contributed by atoms with Gasteiger partial charge in [0.05, 0.1) is 31.5 Å². The van der Waals surface area contributed by atoms with Crippen molar-refractivity contribution >= 4 is 17.6 Å². The van der Waals surface area contributed by atoms with Crippen molar-refractivity contribution in [3.05, 3.63) is 53.9 Å². The van der Waals surface area contributed by atoms with Crippen LogP contribution in [-0.4, -0.2) is 66.4 Å². The maximum Gasteiger partial charge on any atom is 0.308 e. The number of aliphatic carboxylic acids is 1. The molecule has 0 saturated carbocycles. The van der Waals surface area contributed by atoms with E-state index in [1.807, 2.05) is 38.1 Å². The topological polar surface area (TPSA) is 101 Å². The largest absolute Gasteiger partial charge is 0.493 e. The average molecular weight is 566 g/mol. The van der Waals surface area contributed by atoms with Crippen LogP contribution in [0.4, 0.5) is 5.69 Å². The molecule has 222 valence electrons. The van der Waals surface area contributed by atoms with E-state index in [2.05, 4.69) is 36.7 Å². The fourth-order valence-electron chi connectivity index (χ4n) is 6.31. The number of carbonyl (C=O) groups excluding carboxylic acids is 1. The number of pyridine rings is 1. The number of allylic oxidation sites excluding steroid dienone is 2. The van der Waals surface area contributed by atoms with Crippen LogP contribution < -0.4 is 19.1 Å². The number of benzene rings is 1. The maximum atomic E-state index is 13.9. The second-order valence-corrected chi connectivity index (χ2v) is 11.9. The molecule has 1 saturated heterocycles. The Labute approximate surface area is 243 Å². The Bertz CT molecular complexity index is 1260. The first-order chi connectivity index (χ1) is 19.5. The number of likely N-dealkylation sites (tertiary alicyclic amines) is 1. The van der Waals surface area contributed by atoms with Crippen molar-refractivity contribution in [2.75, 3.05) is 38.4 Å². The summed E-state index contributed by atoms with van der Waals surface area (Å²) < 4.78 is 16.8. The predicted molar refractivity (Wildman–Crippen MR) is 158 cm³/mol. The van der Waals surface area contributed by atoms with E-state index in [9.17, 15) is 14.7 Å². The van der Waals surface area contributed by atoms with Crippen molar-refractivity contribution in [1.82, 2.24) is 9.88 Å². The van der Waals surface area contributed by atoms with Gasteiger partial charge in [-0.15, -0.1) is 0 Å². The number of carboxylic acid groups (broad SMARTS) is 1. The lowest BCUT2D eigenvalue weighted by molar-refractivity contribution is -0.143. The zero-order valence-electron chi connectivity index (χ0n) is 25.1. The van der Waals surface area contributed by atoms with Gasteiger partial charge in [-0.1, -0.05) is 38.8 Å². The van der Waals surface area contributed by atoms with Gasteiger partial charge >= 0.3 is 5.97 Å². The number of hydrogen-bond donors (Lipinski definition) is 1. The molecule has 1 amide bonds. The van der Waals surface area contributed by atoms with Crippen LogP contribution in [0.1, 0.15) is 65.4 Å². The van der Waals surface area contributed by atoms with E-state index >= 15 is 0 Å². The molecule has 0 unspecified atom stereocenters. The number of hydrogen-bond acceptors (Lipinski definition) is 7. The number of ether oxygens (including phenoxy) is 3. The summed E-state index contributed by atoms with van der Waals surface area (Å²) in [5.74, 6) is -0.477. The lowest BCUT2D eigenvalue weighted by Crippen LogP contribution is -2.45. The molecule has 0 radical (unpaired) electrons. The van der Waals surface area contributed by atoms with Crippen molar-refractivity contribution in [3.63, 3.8) is 0 Å². The molecule has 4 rings (SSSR count). The third-order valence-electron chi connectivity index (χ3n) is 7.89. The van der Waals surface area contributed by atoms with Gasteiger partial charge in [0.25, 0.3) is 0 Å². The predicted octanol–water partition coefficient (Wildman–Crippen LogP) is 5.50. The minimum atomic E-state index is -0.880. The summed E-state index contributed by atoms with van der Waals surface area (Å²) in [6.07, 6.45) is 7.97. The van der Waals surface area contributed by atoms with Crippen LogP contribution in [0, 0.1) is 11.3 Å². The highest BCUT2D eigenvalue weighted by molar-refractivity contribution is 5.94. The molecular formula is C32H43N3O6. The lowest BCUT2D eigenvalue weighted by atomic mass is 9.77. The summed E-state index contributed by atoms with van der Waals surface area (Å²) in [5, 5.41) is 10.6. The maximum absolute atomic E-state index is 13.9. The van der Waals surface area contributed by atoms with Crippen LogP contribution in [0.25, 0.3) is 0 Å². The molecule has 3 atom stereocenters. The van der Waals surface area contributed by atoms with Crippen molar-refractivity contribution in [1.29, 1.82) is 0 Å². The van der Waals surface area contributed by atoms with Crippen LogP contribution >= 0.6 is 0 Å². The van der Waals surface area contributed by atoms with Crippen molar-refractivity contribution in [3.8, 4) is 17.2 Å². The summed E-state index contributed by atoms with van der Waals surface area (Å²) >= 11 is 0. The van der Waals surface area contributed by atoms with Gasteiger partial charge in [-0.05, 0) is 61.9 Å². The molecule has 2 aliphatic heterocycles. The second kappa shape index (κ2) is 12.9. The molecule has 9 nitrogen and oxygen atoms in total. The van der Waals surface area contributed by atoms with Crippen LogP contribution in [0.15, 0.2) is 48.3 Å². The number of unbranched alkanes of at least 4 members (excludes halogenated alkanes) is 1. The summed E-state index contributed by atoms with van der Waals surface area (Å²) in [6, 6.07) is 7.05. The van der Waals surface area contributed by atoms with Gasteiger partial charge in [0.1, 0.15) is 0 Å². The van der Waals surface area contributed by atoms with Crippen LogP contribution in [0.3, 0.4) is 0 Å². The Hall–Kier alpha value is -3.59. The standard InChI is InChI=1S/C32H43N3O6/c1-7-8-12-35(23-10-9-11-33-17-23)28(36)19-34-18-24(22-13-26(39-6)30-27(14-22)40-20-41-30)29(31(37)38)25(34)16-32(4,5)15-21(2)3/h9-11,13-15,17,24-25,29H,7-8,12,16,18-20H2,1-6H3,(H,37,38)/t24-,25+,29-/m1/s1. The molecule has 1 aromatic heterocycles. The van der Waals surface area contributed by atoms with Crippen molar-refractivity contribution in [2.24, 2.45) is 11.3 Å². The third kappa shape index (κ3) is 7.01. The van der Waals surface area contributed by atoms with E-state index in [-0.39, 0.29) is 36.6 Å². The van der Waals surface area contributed by atoms with Crippen molar-refractivity contribution < 1.29 is 28.9 Å². The number of fused-ring (bicyclic) bond motifs is 1. The number of rotatable bonds is 12. The van der Waals surface area contributed by atoms with Gasteiger partial charge in [0, 0.05) is 31.2 Å². The summed E-state index contributed by atoms with van der Waals surface area (Å²) in [7, 11) is 1.56. The van der Waals surface area contributed by atoms with E-state index in [4.69, 9.17) is 14.2 Å². The second-order valence-electron chi connectivity index (χ2n) is 11.9. The fraction of sp³-hybridized carbons (Fsp3) is 0.531. The summed E-state index contributed by atoms with van der Waals surface area (Å²) in [5.41, 5.74) is 2.44. The highest BCUT2D eigenvalue weighted by Gasteiger charge is 2.49. The van der Waals surface area contributed by atoms with Gasteiger partial charge in [0.2, 0.25) is 18.4 Å². The smallest absolute Gasteiger partial charge is 0.308 e. The normalized spacial score (nSPS) is 20.1. The summed E-state index contributed by atoms with van der Waals surface area (Å²) in [4.78, 5) is 35.0. The molecule has 0 bridgehead atoms. The molecule has 41 heavy (non-hydrogen) atoms. The zero-order chi connectivity index (χ0) is 29.7. The van der Waals surface area contributed by atoms with E-state index in [0.717, 1.165) is 24.1 Å². The number of carbonyl (C=O) groups is 2. The first kappa shape index (κ1) is 30.4. The Morgan fingerprint density at radius 3 is 2.68 bits per heavy atom. The molecular weight excluding hydrogens is 522 g/mol. The number of amides is 1. The molecule has 1 fully saturated rings. The van der Waals surface area contributed by atoms with Crippen LogP contribution in [0.5, 0.6) is 17.2 Å². The molecule has 1 aromatic carbocycles. The summed E-state index contributed by atoms with van der Waals surface area (Å²) in [6.45, 7) is 11.6. The third-order valence-corrected chi connectivity index (χ3v) is 7.89. The van der Waals surface area contributed by atoms with E-state index in [0.29, 0.717) is 36.8 Å². The van der Waals surface area contributed by atoms with Gasteiger partial charge in [-0.3, -0.25) is 19.5 Å². The number of anilines is 1. The molecule has 0 spiro atoms. The lowest BCUT2D eigenvalue weighted by Gasteiger charge is -2.34. The monoisotopic (exact) mass is 565 g/mol. The number of carboxylic acids is 1. The Balaban J connectivity index is 1.72. The quantitative estimate of drug-likeness (QED) is 0.337. The molecule has 1 N–H and O–H groups in total. The van der Waals surface area contributed by atoms with Crippen molar-refractivity contribution in [2.45, 2.75) is 65.8 Å². The van der Waals surface area contributed by atoms with E-state index in [1.165, 1.54) is 5.57 Å². The highest BCUT2D eigenvalue weighted by Crippen LogP contribution is 2.48. The average Bonchev–Trinajstić information content (AvgIpc) is 3.53. The Morgan fingerprint density at radius 1 is 1.27 bits per heavy atom. The van der Waals surface area contributed by atoms with Crippen LogP contribution in [-0.2, 0) is 9.59 Å². The molecule has 0 aliphatic carbocycles. The Morgan fingerprint density at radius 2 is 2.05 bits per heavy atom. The highest BCUT2D eigenvalue weighted by atomic mass is 16.7. The fourth-order valence-corrected chi connectivity index (χ4v) is 6.31. The molecule has 3 heterocycles. The van der Waals surface area contributed by atoms with E-state index < -0.39 is 11.9 Å².